The molecule has 5 rings (SSSR count). The molecule has 2 aromatic carbocycles. The number of pyridine rings is 1. The molecule has 1 atom stereocenters. The summed E-state index contributed by atoms with van der Waals surface area (Å²) in [6.07, 6.45) is 3.04. The number of carbonyl (C=O) groups is 1. The van der Waals surface area contributed by atoms with Crippen molar-refractivity contribution in [1.29, 1.82) is 0 Å². The zero-order valence-electron chi connectivity index (χ0n) is 18.8. The monoisotopic (exact) mass is 482 g/mol. The summed E-state index contributed by atoms with van der Waals surface area (Å²) in [5.74, 6) is -0.624. The van der Waals surface area contributed by atoms with Crippen LogP contribution in [0.1, 0.15) is 12.8 Å². The first-order chi connectivity index (χ1) is 16.4. The molecular formula is C25H27FN4O3S. The van der Waals surface area contributed by atoms with Crippen molar-refractivity contribution in [3.63, 3.8) is 0 Å². The van der Waals surface area contributed by atoms with Gasteiger partial charge in [0.05, 0.1) is 16.3 Å². The van der Waals surface area contributed by atoms with E-state index in [-0.39, 0.29) is 29.1 Å². The number of fused-ring (bicyclic) bond motifs is 1. The number of nitrogens with zero attached hydrogens (tertiary/aromatic N) is 4. The predicted octanol–water partition coefficient (Wildman–Crippen LogP) is 3.12. The van der Waals surface area contributed by atoms with Crippen molar-refractivity contribution in [1.82, 2.24) is 14.2 Å². The minimum atomic E-state index is -3.61. The van der Waals surface area contributed by atoms with Crippen LogP contribution in [0.15, 0.2) is 65.7 Å². The minimum Gasteiger partial charge on any atom is -0.367 e. The van der Waals surface area contributed by atoms with E-state index in [0.717, 1.165) is 11.1 Å². The van der Waals surface area contributed by atoms with Gasteiger partial charge in [-0.3, -0.25) is 9.78 Å². The molecule has 0 N–H and O–H groups in total. The summed E-state index contributed by atoms with van der Waals surface area (Å²) in [5, 5.41) is 0.887. The van der Waals surface area contributed by atoms with Gasteiger partial charge in [-0.05, 0) is 43.2 Å². The van der Waals surface area contributed by atoms with Crippen molar-refractivity contribution in [2.24, 2.45) is 5.92 Å². The van der Waals surface area contributed by atoms with Gasteiger partial charge in [0.1, 0.15) is 5.82 Å². The number of hydrogen-bond acceptors (Lipinski definition) is 5. The highest BCUT2D eigenvalue weighted by atomic mass is 32.2. The zero-order chi connectivity index (χ0) is 23.7. The standard InChI is InChI=1S/C25H27FN4O3S/c26-20-8-9-22-23(17-20)27-11-10-24(22)28-13-15-29(16-14-28)25(31)19-5-4-12-30(18-19)34(32,33)21-6-2-1-3-7-21/h1-3,6-11,17,19H,4-5,12-16,18H2. The predicted molar refractivity (Wildman–Crippen MR) is 128 cm³/mol. The third kappa shape index (κ3) is 4.37. The molecule has 0 radical (unpaired) electrons. The van der Waals surface area contributed by atoms with Crippen molar-refractivity contribution in [2.45, 2.75) is 17.7 Å². The first kappa shape index (κ1) is 22.7. The molecule has 2 saturated heterocycles. The van der Waals surface area contributed by atoms with Crippen molar-refractivity contribution >= 4 is 32.5 Å². The van der Waals surface area contributed by atoms with E-state index < -0.39 is 10.0 Å². The van der Waals surface area contributed by atoms with Crippen molar-refractivity contribution in [3.8, 4) is 0 Å². The van der Waals surface area contributed by atoms with Crippen LogP contribution >= 0.6 is 0 Å². The third-order valence-corrected chi connectivity index (χ3v) is 8.61. The Balaban J connectivity index is 1.25. The van der Waals surface area contributed by atoms with Gasteiger partial charge in [0.2, 0.25) is 15.9 Å². The molecule has 34 heavy (non-hydrogen) atoms. The smallest absolute Gasteiger partial charge is 0.243 e. The van der Waals surface area contributed by atoms with E-state index >= 15 is 0 Å². The molecule has 0 saturated carbocycles. The third-order valence-electron chi connectivity index (χ3n) is 6.73. The molecule has 0 spiro atoms. The number of sulfonamides is 1. The summed E-state index contributed by atoms with van der Waals surface area (Å²) in [6.45, 7) is 3.08. The molecule has 0 aliphatic carbocycles. The number of carbonyl (C=O) groups excluding carboxylic acids is 1. The van der Waals surface area contributed by atoms with Crippen LogP contribution in [0.3, 0.4) is 0 Å². The Morgan fingerprint density at radius 1 is 0.971 bits per heavy atom. The van der Waals surface area contributed by atoms with Gasteiger partial charge >= 0.3 is 0 Å². The SMILES string of the molecule is O=C(C1CCCN(S(=O)(=O)c2ccccc2)C1)N1CCN(c2ccnc3cc(F)ccc23)CC1. The normalized spacial score (nSPS) is 20.0. The maximum absolute atomic E-state index is 13.6. The number of hydrogen-bond donors (Lipinski definition) is 0. The number of piperazine rings is 1. The first-order valence-corrected chi connectivity index (χ1v) is 13.0. The summed E-state index contributed by atoms with van der Waals surface area (Å²) >= 11 is 0. The Morgan fingerprint density at radius 2 is 1.74 bits per heavy atom. The van der Waals surface area contributed by atoms with Crippen LogP contribution in [-0.4, -0.2) is 67.8 Å². The number of amides is 1. The molecule has 9 heteroatoms. The van der Waals surface area contributed by atoms with Crippen LogP contribution in [0.4, 0.5) is 10.1 Å². The maximum atomic E-state index is 13.6. The lowest BCUT2D eigenvalue weighted by atomic mass is 9.97. The van der Waals surface area contributed by atoms with Crippen LogP contribution < -0.4 is 4.90 Å². The van der Waals surface area contributed by atoms with E-state index in [1.807, 2.05) is 11.0 Å². The highest BCUT2D eigenvalue weighted by molar-refractivity contribution is 7.89. The maximum Gasteiger partial charge on any atom is 0.243 e. The molecule has 178 valence electrons. The lowest BCUT2D eigenvalue weighted by molar-refractivity contribution is -0.137. The van der Waals surface area contributed by atoms with Gasteiger partial charge in [-0.25, -0.2) is 12.8 Å². The van der Waals surface area contributed by atoms with Gasteiger partial charge in [-0.1, -0.05) is 18.2 Å². The number of halogens is 1. The lowest BCUT2D eigenvalue weighted by Crippen LogP contribution is -2.53. The largest absolute Gasteiger partial charge is 0.367 e. The summed E-state index contributed by atoms with van der Waals surface area (Å²) in [4.78, 5) is 21.9. The number of piperidine rings is 1. The summed E-state index contributed by atoms with van der Waals surface area (Å²) in [5.41, 5.74) is 1.59. The lowest BCUT2D eigenvalue weighted by Gasteiger charge is -2.39. The zero-order valence-corrected chi connectivity index (χ0v) is 19.6. The van der Waals surface area contributed by atoms with Gasteiger partial charge in [0.25, 0.3) is 0 Å². The number of anilines is 1. The number of rotatable bonds is 4. The van der Waals surface area contributed by atoms with Gasteiger partial charge in [0, 0.05) is 62.6 Å². The topological polar surface area (TPSA) is 73.8 Å². The van der Waals surface area contributed by atoms with E-state index in [0.29, 0.717) is 51.1 Å². The fourth-order valence-corrected chi connectivity index (χ4v) is 6.46. The molecule has 7 nitrogen and oxygen atoms in total. The van der Waals surface area contributed by atoms with Gasteiger partial charge in [-0.15, -0.1) is 0 Å². The van der Waals surface area contributed by atoms with Crippen LogP contribution in [0.2, 0.25) is 0 Å². The molecule has 2 fully saturated rings. The quantitative estimate of drug-likeness (QED) is 0.571. The molecule has 3 heterocycles. The molecule has 1 unspecified atom stereocenters. The first-order valence-electron chi connectivity index (χ1n) is 11.6. The van der Waals surface area contributed by atoms with E-state index in [2.05, 4.69) is 9.88 Å². The second kappa shape index (κ2) is 9.31. The van der Waals surface area contributed by atoms with Crippen LogP contribution in [-0.2, 0) is 14.8 Å². The molecule has 0 bridgehead atoms. The second-order valence-corrected chi connectivity index (χ2v) is 10.8. The Kier molecular flexibility index (Phi) is 6.22. The van der Waals surface area contributed by atoms with Crippen LogP contribution in [0, 0.1) is 11.7 Å². The van der Waals surface area contributed by atoms with Crippen molar-refractivity contribution < 1.29 is 17.6 Å². The van der Waals surface area contributed by atoms with E-state index in [9.17, 15) is 17.6 Å². The van der Waals surface area contributed by atoms with Crippen LogP contribution in [0.5, 0.6) is 0 Å². The number of benzene rings is 2. The molecule has 2 aliphatic heterocycles. The minimum absolute atomic E-state index is 0.0225. The van der Waals surface area contributed by atoms with Crippen molar-refractivity contribution in [2.75, 3.05) is 44.2 Å². The van der Waals surface area contributed by atoms with Crippen LogP contribution in [0.25, 0.3) is 10.9 Å². The second-order valence-electron chi connectivity index (χ2n) is 8.82. The average Bonchev–Trinajstić information content (AvgIpc) is 2.88. The summed E-state index contributed by atoms with van der Waals surface area (Å²) < 4.78 is 41.1. The molecule has 3 aromatic rings. The Bertz CT molecular complexity index is 1290. The fraction of sp³-hybridized carbons (Fsp3) is 0.360. The highest BCUT2D eigenvalue weighted by Crippen LogP contribution is 2.28. The highest BCUT2D eigenvalue weighted by Gasteiger charge is 2.36. The van der Waals surface area contributed by atoms with E-state index in [1.54, 1.807) is 42.6 Å². The number of aromatic nitrogens is 1. The average molecular weight is 483 g/mol. The van der Waals surface area contributed by atoms with E-state index in [4.69, 9.17) is 0 Å². The van der Waals surface area contributed by atoms with Gasteiger partial charge < -0.3 is 9.80 Å². The fourth-order valence-electron chi connectivity index (χ4n) is 4.91. The van der Waals surface area contributed by atoms with Gasteiger partial charge in [-0.2, -0.15) is 4.31 Å². The molecule has 1 amide bonds. The Labute approximate surface area is 198 Å². The van der Waals surface area contributed by atoms with Crippen molar-refractivity contribution in [3.05, 3.63) is 66.6 Å². The molecule has 2 aliphatic rings. The van der Waals surface area contributed by atoms with E-state index in [1.165, 1.54) is 16.4 Å². The summed E-state index contributed by atoms with van der Waals surface area (Å²) in [6, 6.07) is 14.9. The Morgan fingerprint density at radius 3 is 2.50 bits per heavy atom. The molecular weight excluding hydrogens is 455 g/mol. The molecule has 1 aromatic heterocycles. The Hall–Kier alpha value is -3.04. The summed E-state index contributed by atoms with van der Waals surface area (Å²) in [7, 11) is -3.61. The van der Waals surface area contributed by atoms with Gasteiger partial charge in [0.15, 0.2) is 0 Å².